The fourth-order valence-corrected chi connectivity index (χ4v) is 1.83. The fourth-order valence-electron chi connectivity index (χ4n) is 1.83. The van der Waals surface area contributed by atoms with Gasteiger partial charge < -0.3 is 18.6 Å². The molecule has 0 bridgehead atoms. The minimum atomic E-state index is -3.06. The Morgan fingerprint density at radius 3 is 2.58 bits per heavy atom. The predicted octanol–water partition coefficient (Wildman–Crippen LogP) is 2.00. The van der Waals surface area contributed by atoms with Crippen LogP contribution in [0.5, 0.6) is 11.5 Å². The standard InChI is InChI=1S/C16H13F2NO7/c1-23-12-7-9(4-5-10(12)26-16(17)18)15(22)25-8-13(20)19-14(21)11-3-2-6-24-11/h2-7,16H,8H2,1H3,(H,19,20,21). The molecule has 2 rings (SSSR count). The third kappa shape index (κ3) is 5.03. The lowest BCUT2D eigenvalue weighted by atomic mass is 10.2. The molecule has 1 aromatic heterocycles. The van der Waals surface area contributed by atoms with Gasteiger partial charge >= 0.3 is 12.6 Å². The number of benzene rings is 1. The molecule has 1 N–H and O–H groups in total. The Morgan fingerprint density at radius 2 is 1.96 bits per heavy atom. The molecule has 1 aromatic carbocycles. The van der Waals surface area contributed by atoms with Crippen LogP contribution in [0, 0.1) is 0 Å². The number of rotatable bonds is 7. The van der Waals surface area contributed by atoms with E-state index in [1.54, 1.807) is 0 Å². The van der Waals surface area contributed by atoms with Crippen molar-refractivity contribution in [2.45, 2.75) is 6.61 Å². The van der Waals surface area contributed by atoms with Gasteiger partial charge in [-0.25, -0.2) is 4.79 Å². The second kappa shape index (κ2) is 8.60. The van der Waals surface area contributed by atoms with Gasteiger partial charge in [-0.1, -0.05) is 0 Å². The zero-order chi connectivity index (χ0) is 19.1. The van der Waals surface area contributed by atoms with Crippen LogP contribution >= 0.6 is 0 Å². The number of alkyl halides is 2. The van der Waals surface area contributed by atoms with Gasteiger partial charge in [-0.05, 0) is 30.3 Å². The Labute approximate surface area is 145 Å². The van der Waals surface area contributed by atoms with Gasteiger partial charge in [0, 0.05) is 0 Å². The molecule has 0 atom stereocenters. The van der Waals surface area contributed by atoms with Gasteiger partial charge in [-0.15, -0.1) is 0 Å². The van der Waals surface area contributed by atoms with Gasteiger partial charge in [0.25, 0.3) is 11.8 Å². The Hall–Kier alpha value is -3.43. The van der Waals surface area contributed by atoms with Crippen molar-refractivity contribution in [2.24, 2.45) is 0 Å². The van der Waals surface area contributed by atoms with Crippen LogP contribution in [0.4, 0.5) is 8.78 Å². The van der Waals surface area contributed by atoms with E-state index in [2.05, 4.69) is 4.74 Å². The number of halogens is 2. The molecule has 0 fully saturated rings. The summed E-state index contributed by atoms with van der Waals surface area (Å²) >= 11 is 0. The Morgan fingerprint density at radius 1 is 1.19 bits per heavy atom. The summed E-state index contributed by atoms with van der Waals surface area (Å²) in [6.07, 6.45) is 1.26. The molecule has 10 heteroatoms. The summed E-state index contributed by atoms with van der Waals surface area (Å²) in [4.78, 5) is 35.1. The van der Waals surface area contributed by atoms with Crippen LogP contribution in [0.1, 0.15) is 20.9 Å². The molecular formula is C16H13F2NO7. The van der Waals surface area contributed by atoms with Crippen molar-refractivity contribution in [3.63, 3.8) is 0 Å². The topological polar surface area (TPSA) is 104 Å². The zero-order valence-electron chi connectivity index (χ0n) is 13.4. The Balaban J connectivity index is 1.92. The summed E-state index contributed by atoms with van der Waals surface area (Å²) in [5, 5.41) is 1.97. The zero-order valence-corrected chi connectivity index (χ0v) is 13.4. The first-order valence-corrected chi connectivity index (χ1v) is 7.08. The van der Waals surface area contributed by atoms with Crippen LogP contribution in [-0.2, 0) is 9.53 Å². The number of nitrogens with one attached hydrogen (secondary N) is 1. The highest BCUT2D eigenvalue weighted by atomic mass is 19.3. The van der Waals surface area contributed by atoms with E-state index in [0.717, 1.165) is 18.2 Å². The van der Waals surface area contributed by atoms with E-state index in [1.807, 2.05) is 5.32 Å². The largest absolute Gasteiger partial charge is 0.493 e. The molecule has 138 valence electrons. The van der Waals surface area contributed by atoms with Crippen molar-refractivity contribution in [2.75, 3.05) is 13.7 Å². The van der Waals surface area contributed by atoms with Gasteiger partial charge in [-0.2, -0.15) is 8.78 Å². The van der Waals surface area contributed by atoms with Gasteiger partial charge in [-0.3, -0.25) is 14.9 Å². The van der Waals surface area contributed by atoms with Gasteiger partial charge in [0.1, 0.15) is 0 Å². The smallest absolute Gasteiger partial charge is 0.387 e. The molecule has 0 radical (unpaired) electrons. The van der Waals surface area contributed by atoms with Crippen molar-refractivity contribution < 1.29 is 41.8 Å². The number of methoxy groups -OCH3 is 1. The molecule has 0 aliphatic rings. The summed E-state index contributed by atoms with van der Waals surface area (Å²) in [5.74, 6) is -3.04. The molecule has 8 nitrogen and oxygen atoms in total. The summed E-state index contributed by atoms with van der Waals surface area (Å²) in [6.45, 7) is -3.79. The average Bonchev–Trinajstić information content (AvgIpc) is 3.14. The van der Waals surface area contributed by atoms with E-state index in [4.69, 9.17) is 13.9 Å². The molecular weight excluding hydrogens is 356 g/mol. The maximum atomic E-state index is 12.3. The fraction of sp³-hybridized carbons (Fsp3) is 0.188. The van der Waals surface area contributed by atoms with Crippen molar-refractivity contribution in [1.82, 2.24) is 5.32 Å². The molecule has 0 aliphatic carbocycles. The van der Waals surface area contributed by atoms with E-state index in [0.29, 0.717) is 0 Å². The van der Waals surface area contributed by atoms with Crippen LogP contribution in [-0.4, -0.2) is 38.1 Å². The molecule has 26 heavy (non-hydrogen) atoms. The number of hydrogen-bond donors (Lipinski definition) is 1. The minimum absolute atomic E-state index is 0.0615. The summed E-state index contributed by atoms with van der Waals surface area (Å²) in [5.41, 5.74) is -0.0615. The Bertz CT molecular complexity index is 790. The van der Waals surface area contributed by atoms with Gasteiger partial charge in [0.05, 0.1) is 18.9 Å². The van der Waals surface area contributed by atoms with E-state index in [9.17, 15) is 23.2 Å². The summed E-state index contributed by atoms with van der Waals surface area (Å²) < 4.78 is 43.2. The van der Waals surface area contributed by atoms with Crippen molar-refractivity contribution in [1.29, 1.82) is 0 Å². The number of amides is 2. The lowest BCUT2D eigenvalue weighted by Crippen LogP contribution is -2.33. The molecule has 0 spiro atoms. The highest BCUT2D eigenvalue weighted by Crippen LogP contribution is 2.29. The Kier molecular flexibility index (Phi) is 6.25. The van der Waals surface area contributed by atoms with Crippen molar-refractivity contribution >= 4 is 17.8 Å². The van der Waals surface area contributed by atoms with Crippen LogP contribution in [0.2, 0.25) is 0 Å². The van der Waals surface area contributed by atoms with Crippen LogP contribution in [0.15, 0.2) is 41.0 Å². The molecule has 1 heterocycles. The lowest BCUT2D eigenvalue weighted by molar-refractivity contribution is -0.123. The number of esters is 1. The van der Waals surface area contributed by atoms with Crippen LogP contribution < -0.4 is 14.8 Å². The highest BCUT2D eigenvalue weighted by Gasteiger charge is 2.17. The van der Waals surface area contributed by atoms with Crippen LogP contribution in [0.25, 0.3) is 0 Å². The molecule has 0 saturated carbocycles. The number of carbonyl (C=O) groups is 3. The number of ether oxygens (including phenoxy) is 3. The van der Waals surface area contributed by atoms with E-state index in [-0.39, 0.29) is 22.8 Å². The lowest BCUT2D eigenvalue weighted by Gasteiger charge is -2.11. The van der Waals surface area contributed by atoms with Crippen molar-refractivity contribution in [3.8, 4) is 11.5 Å². The quantitative estimate of drug-likeness (QED) is 0.745. The monoisotopic (exact) mass is 369 g/mol. The van der Waals surface area contributed by atoms with E-state index < -0.39 is 31.0 Å². The third-order valence-corrected chi connectivity index (χ3v) is 2.95. The molecule has 0 saturated heterocycles. The number of hydrogen-bond acceptors (Lipinski definition) is 7. The van der Waals surface area contributed by atoms with Gasteiger partial charge in [0.15, 0.2) is 23.9 Å². The second-order valence-corrected chi connectivity index (χ2v) is 4.67. The number of furan rings is 1. The van der Waals surface area contributed by atoms with E-state index >= 15 is 0 Å². The normalized spacial score (nSPS) is 10.3. The maximum Gasteiger partial charge on any atom is 0.387 e. The average molecular weight is 369 g/mol. The molecule has 2 aromatic rings. The molecule has 0 unspecified atom stereocenters. The maximum absolute atomic E-state index is 12.3. The van der Waals surface area contributed by atoms with Crippen molar-refractivity contribution in [3.05, 3.63) is 47.9 Å². The van der Waals surface area contributed by atoms with Crippen LogP contribution in [0.3, 0.4) is 0 Å². The SMILES string of the molecule is COc1cc(C(=O)OCC(=O)NC(=O)c2ccco2)ccc1OC(F)F. The highest BCUT2D eigenvalue weighted by molar-refractivity contribution is 6.04. The first-order valence-electron chi connectivity index (χ1n) is 7.08. The first-order chi connectivity index (χ1) is 12.4. The number of imide groups is 1. The third-order valence-electron chi connectivity index (χ3n) is 2.95. The summed E-state index contributed by atoms with van der Waals surface area (Å²) in [7, 11) is 1.20. The summed E-state index contributed by atoms with van der Waals surface area (Å²) in [6, 6.07) is 6.20. The van der Waals surface area contributed by atoms with Gasteiger partial charge in [0.2, 0.25) is 0 Å². The molecule has 2 amide bonds. The minimum Gasteiger partial charge on any atom is -0.493 e. The van der Waals surface area contributed by atoms with E-state index in [1.165, 1.54) is 25.5 Å². The molecule has 0 aliphatic heterocycles. The predicted molar refractivity (Wildman–Crippen MR) is 81.1 cm³/mol. The first kappa shape index (κ1) is 18.9. The second-order valence-electron chi connectivity index (χ2n) is 4.67. The number of carbonyl (C=O) groups excluding carboxylic acids is 3.